The monoisotopic (exact) mass is 414 g/mol. The van der Waals surface area contributed by atoms with Crippen LogP contribution < -0.4 is 9.47 Å². The molecule has 0 bridgehead atoms. The predicted molar refractivity (Wildman–Crippen MR) is 114 cm³/mol. The molecule has 0 aliphatic carbocycles. The molecule has 2 aliphatic rings. The Balaban J connectivity index is 2.07. The summed E-state index contributed by atoms with van der Waals surface area (Å²) in [5, 5.41) is 22.5. The van der Waals surface area contributed by atoms with Crippen LogP contribution in [0, 0.1) is 13.8 Å². The molecule has 0 saturated carbocycles. The third-order valence-electron chi connectivity index (χ3n) is 6.49. The molecule has 2 aliphatic heterocycles. The van der Waals surface area contributed by atoms with Crippen LogP contribution in [0.4, 0.5) is 0 Å². The molecule has 0 spiro atoms. The van der Waals surface area contributed by atoms with Gasteiger partial charge in [0.1, 0.15) is 23.0 Å². The summed E-state index contributed by atoms with van der Waals surface area (Å²) in [6.45, 7) is 8.61. The molecule has 4 rings (SSSR count). The third kappa shape index (κ3) is 3.01. The van der Waals surface area contributed by atoms with Crippen molar-refractivity contribution < 1.29 is 29.2 Å². The van der Waals surface area contributed by atoms with E-state index in [1.54, 1.807) is 14.2 Å². The first-order valence-electron chi connectivity index (χ1n) is 10.4. The fourth-order valence-corrected chi connectivity index (χ4v) is 4.82. The van der Waals surface area contributed by atoms with E-state index in [1.807, 2.05) is 27.7 Å². The van der Waals surface area contributed by atoms with Crippen LogP contribution in [0.2, 0.25) is 0 Å². The third-order valence-corrected chi connectivity index (χ3v) is 6.49. The fourth-order valence-electron chi connectivity index (χ4n) is 4.82. The van der Waals surface area contributed by atoms with E-state index in [4.69, 9.17) is 18.9 Å². The van der Waals surface area contributed by atoms with Crippen molar-refractivity contribution in [2.45, 2.75) is 66.0 Å². The summed E-state index contributed by atoms with van der Waals surface area (Å²) in [7, 11) is 3.15. The highest BCUT2D eigenvalue weighted by atomic mass is 16.5. The number of phenolic OH excluding ortho intramolecular Hbond substituents is 2. The number of hydrogen-bond donors (Lipinski definition) is 2. The van der Waals surface area contributed by atoms with Gasteiger partial charge in [-0.05, 0) is 62.8 Å². The maximum atomic E-state index is 11.3. The molecular formula is C24H30O6. The van der Waals surface area contributed by atoms with Crippen molar-refractivity contribution in [1.29, 1.82) is 0 Å². The van der Waals surface area contributed by atoms with E-state index in [2.05, 4.69) is 0 Å². The fraction of sp³-hybridized carbons (Fsp3) is 0.500. The van der Waals surface area contributed by atoms with Gasteiger partial charge in [0.25, 0.3) is 0 Å². The molecule has 2 aromatic rings. The smallest absolute Gasteiger partial charge is 0.136 e. The first-order chi connectivity index (χ1) is 14.3. The molecule has 2 atom stereocenters. The van der Waals surface area contributed by atoms with Crippen LogP contribution in [0.5, 0.6) is 23.0 Å². The number of methoxy groups -OCH3 is 2. The lowest BCUT2D eigenvalue weighted by molar-refractivity contribution is 0.0389. The van der Waals surface area contributed by atoms with Crippen molar-refractivity contribution in [2.75, 3.05) is 14.2 Å². The highest BCUT2D eigenvalue weighted by molar-refractivity contribution is 5.90. The van der Waals surface area contributed by atoms with Gasteiger partial charge in [0, 0.05) is 11.1 Å². The van der Waals surface area contributed by atoms with Gasteiger partial charge in [0.2, 0.25) is 0 Å². The molecule has 0 fully saturated rings. The molecule has 6 nitrogen and oxygen atoms in total. The minimum Gasteiger partial charge on any atom is -0.507 e. The Hall–Kier alpha value is -2.44. The Morgan fingerprint density at radius 2 is 1.07 bits per heavy atom. The van der Waals surface area contributed by atoms with E-state index >= 15 is 0 Å². The summed E-state index contributed by atoms with van der Waals surface area (Å²) < 4.78 is 23.3. The molecule has 162 valence electrons. The van der Waals surface area contributed by atoms with Gasteiger partial charge >= 0.3 is 0 Å². The molecular weight excluding hydrogens is 384 g/mol. The Morgan fingerprint density at radius 1 is 0.700 bits per heavy atom. The summed E-state index contributed by atoms with van der Waals surface area (Å²) in [5.74, 6) is 1.21. The Labute approximate surface area is 177 Å². The Kier molecular flexibility index (Phi) is 5.32. The van der Waals surface area contributed by atoms with Crippen LogP contribution in [-0.4, -0.2) is 36.6 Å². The maximum absolute atomic E-state index is 11.3. The SMILES string of the molecule is COc1c2c(c(C)c(O)c1-c1c(O)c(C)c3c(c1OC)CO[C@@H](C)C3)C[C@H](C)OC2. The van der Waals surface area contributed by atoms with Crippen molar-refractivity contribution in [3.8, 4) is 34.1 Å². The summed E-state index contributed by atoms with van der Waals surface area (Å²) in [5.41, 5.74) is 6.31. The second-order valence-electron chi connectivity index (χ2n) is 8.33. The largest absolute Gasteiger partial charge is 0.507 e. The standard InChI is InChI=1S/C24H30O6/c1-11-7-15-13(3)21(25)19(23(27-5)17(15)9-29-11)20-22(26)14(4)16-8-12(2)30-10-18(16)24(20)28-6/h11-12,25-26H,7-10H2,1-6H3/t11-,12-/m0/s1. The average molecular weight is 414 g/mol. The van der Waals surface area contributed by atoms with Crippen molar-refractivity contribution in [1.82, 2.24) is 0 Å². The number of phenols is 2. The van der Waals surface area contributed by atoms with Gasteiger partial charge in [-0.3, -0.25) is 0 Å². The van der Waals surface area contributed by atoms with E-state index in [0.29, 0.717) is 48.7 Å². The van der Waals surface area contributed by atoms with Gasteiger partial charge in [-0.1, -0.05) is 0 Å². The number of hydrogen-bond acceptors (Lipinski definition) is 6. The van der Waals surface area contributed by atoms with Gasteiger partial charge in [-0.25, -0.2) is 0 Å². The summed E-state index contributed by atoms with van der Waals surface area (Å²) in [6, 6.07) is 0. The second-order valence-corrected chi connectivity index (χ2v) is 8.33. The quantitative estimate of drug-likeness (QED) is 0.779. The molecule has 0 aromatic heterocycles. The van der Waals surface area contributed by atoms with E-state index in [-0.39, 0.29) is 23.7 Å². The number of fused-ring (bicyclic) bond motifs is 2. The summed E-state index contributed by atoms with van der Waals surface area (Å²) in [4.78, 5) is 0. The number of rotatable bonds is 3. The highest BCUT2D eigenvalue weighted by Crippen LogP contribution is 2.55. The molecule has 0 saturated heterocycles. The van der Waals surface area contributed by atoms with Crippen molar-refractivity contribution >= 4 is 0 Å². The van der Waals surface area contributed by atoms with Crippen molar-refractivity contribution in [3.63, 3.8) is 0 Å². The van der Waals surface area contributed by atoms with Crippen LogP contribution in [0.1, 0.15) is 47.2 Å². The first kappa shape index (κ1) is 20.8. The van der Waals surface area contributed by atoms with Crippen LogP contribution in [0.15, 0.2) is 0 Å². The molecule has 2 N–H and O–H groups in total. The topological polar surface area (TPSA) is 77.4 Å². The summed E-state index contributed by atoms with van der Waals surface area (Å²) in [6.07, 6.45) is 1.53. The molecule has 2 heterocycles. The maximum Gasteiger partial charge on any atom is 0.136 e. The Morgan fingerprint density at radius 3 is 1.40 bits per heavy atom. The van der Waals surface area contributed by atoms with E-state index in [1.165, 1.54) is 0 Å². The van der Waals surface area contributed by atoms with Gasteiger partial charge in [0.05, 0.1) is 50.8 Å². The van der Waals surface area contributed by atoms with Crippen LogP contribution in [-0.2, 0) is 35.5 Å². The van der Waals surface area contributed by atoms with E-state index in [0.717, 1.165) is 33.4 Å². The van der Waals surface area contributed by atoms with Crippen LogP contribution in [0.3, 0.4) is 0 Å². The van der Waals surface area contributed by atoms with Gasteiger partial charge in [0.15, 0.2) is 0 Å². The Bertz CT molecular complexity index is 929. The lowest BCUT2D eigenvalue weighted by Gasteiger charge is -2.31. The van der Waals surface area contributed by atoms with E-state index < -0.39 is 0 Å². The normalized spacial score (nSPS) is 20.5. The zero-order chi connectivity index (χ0) is 21.7. The minimum atomic E-state index is 0.0687. The number of aromatic hydroxyl groups is 2. The molecule has 0 radical (unpaired) electrons. The predicted octanol–water partition coefficient (Wildman–Crippen LogP) is 4.32. The minimum absolute atomic E-state index is 0.0687. The van der Waals surface area contributed by atoms with Crippen molar-refractivity contribution in [2.24, 2.45) is 0 Å². The van der Waals surface area contributed by atoms with Gasteiger partial charge in [-0.15, -0.1) is 0 Å². The first-order valence-corrected chi connectivity index (χ1v) is 10.4. The zero-order valence-electron chi connectivity index (χ0n) is 18.5. The molecule has 6 heteroatoms. The lowest BCUT2D eigenvalue weighted by Crippen LogP contribution is -2.22. The average Bonchev–Trinajstić information content (AvgIpc) is 2.73. The van der Waals surface area contributed by atoms with Crippen LogP contribution >= 0.6 is 0 Å². The molecule has 0 amide bonds. The van der Waals surface area contributed by atoms with Crippen molar-refractivity contribution in [3.05, 3.63) is 33.4 Å². The zero-order valence-corrected chi connectivity index (χ0v) is 18.5. The van der Waals surface area contributed by atoms with E-state index in [9.17, 15) is 10.2 Å². The number of benzene rings is 2. The van der Waals surface area contributed by atoms with Crippen LogP contribution in [0.25, 0.3) is 11.1 Å². The summed E-state index contributed by atoms with van der Waals surface area (Å²) >= 11 is 0. The molecule has 2 aromatic carbocycles. The highest BCUT2D eigenvalue weighted by Gasteiger charge is 2.34. The van der Waals surface area contributed by atoms with Gasteiger partial charge < -0.3 is 29.2 Å². The van der Waals surface area contributed by atoms with Gasteiger partial charge in [-0.2, -0.15) is 0 Å². The lowest BCUT2D eigenvalue weighted by atomic mass is 9.84. The molecule has 0 unspecified atom stereocenters. The molecule has 30 heavy (non-hydrogen) atoms. The number of ether oxygens (including phenoxy) is 4. The second kappa shape index (κ2) is 7.67.